The van der Waals surface area contributed by atoms with Crippen LogP contribution in [0.2, 0.25) is 0 Å². The maximum atomic E-state index is 12.0. The van der Waals surface area contributed by atoms with E-state index in [4.69, 9.17) is 4.99 Å². The van der Waals surface area contributed by atoms with Crippen LogP contribution in [0.3, 0.4) is 0 Å². The van der Waals surface area contributed by atoms with Crippen molar-refractivity contribution in [1.82, 2.24) is 15.1 Å². The Labute approximate surface area is 146 Å². The topological polar surface area (TPSA) is 47.9 Å². The molecular formula is C19H34N4O. The quantitative estimate of drug-likeness (QED) is 0.637. The molecule has 2 saturated carbocycles. The van der Waals surface area contributed by atoms with E-state index in [9.17, 15) is 4.79 Å². The first-order valence-corrected chi connectivity index (χ1v) is 9.76. The van der Waals surface area contributed by atoms with E-state index in [-0.39, 0.29) is 12.5 Å². The van der Waals surface area contributed by atoms with Crippen molar-refractivity contribution in [2.24, 2.45) is 16.3 Å². The molecule has 136 valence electrons. The van der Waals surface area contributed by atoms with Crippen LogP contribution in [0.15, 0.2) is 4.99 Å². The molecule has 5 nitrogen and oxygen atoms in total. The van der Waals surface area contributed by atoms with E-state index in [2.05, 4.69) is 17.1 Å². The first-order chi connectivity index (χ1) is 11.5. The van der Waals surface area contributed by atoms with Gasteiger partial charge < -0.3 is 15.1 Å². The predicted octanol–water partition coefficient (Wildman–Crippen LogP) is 2.47. The average Bonchev–Trinajstić information content (AvgIpc) is 3.03. The normalized spacial score (nSPS) is 27.2. The van der Waals surface area contributed by atoms with E-state index in [1.807, 2.05) is 0 Å². The van der Waals surface area contributed by atoms with Gasteiger partial charge in [-0.25, -0.2) is 4.99 Å². The molecule has 2 aliphatic carbocycles. The molecule has 0 radical (unpaired) electrons. The lowest BCUT2D eigenvalue weighted by atomic mass is 9.59. The second-order valence-corrected chi connectivity index (χ2v) is 8.38. The molecule has 24 heavy (non-hydrogen) atoms. The molecule has 1 amide bonds. The van der Waals surface area contributed by atoms with Crippen molar-refractivity contribution < 1.29 is 4.79 Å². The summed E-state index contributed by atoms with van der Waals surface area (Å²) in [5.74, 6) is 1.87. The molecule has 0 aromatic heterocycles. The summed E-state index contributed by atoms with van der Waals surface area (Å²) in [6, 6.07) is 0.537. The highest BCUT2D eigenvalue weighted by molar-refractivity contribution is 5.85. The number of piperidine rings is 1. The number of nitrogens with one attached hydrogen (secondary N) is 1. The van der Waals surface area contributed by atoms with Crippen LogP contribution in [0.4, 0.5) is 0 Å². The Morgan fingerprint density at radius 1 is 1.21 bits per heavy atom. The van der Waals surface area contributed by atoms with Crippen molar-refractivity contribution >= 4 is 11.9 Å². The smallest absolute Gasteiger partial charge is 0.243 e. The Hall–Kier alpha value is -1.26. The third kappa shape index (κ3) is 3.70. The van der Waals surface area contributed by atoms with E-state index in [0.29, 0.717) is 11.5 Å². The molecule has 5 heteroatoms. The minimum Gasteiger partial charge on any atom is -0.353 e. The summed E-state index contributed by atoms with van der Waals surface area (Å²) in [6.45, 7) is 4.86. The zero-order chi connectivity index (χ0) is 17.2. The van der Waals surface area contributed by atoms with Gasteiger partial charge in [0.1, 0.15) is 6.54 Å². The van der Waals surface area contributed by atoms with E-state index in [1.165, 1.54) is 51.4 Å². The molecule has 1 aliphatic heterocycles. The zero-order valence-corrected chi connectivity index (χ0v) is 15.7. The molecular weight excluding hydrogens is 300 g/mol. The van der Waals surface area contributed by atoms with E-state index >= 15 is 0 Å². The van der Waals surface area contributed by atoms with Crippen molar-refractivity contribution in [3.8, 4) is 0 Å². The number of hydrogen-bond donors (Lipinski definition) is 1. The number of amides is 1. The first-order valence-electron chi connectivity index (χ1n) is 9.76. The van der Waals surface area contributed by atoms with Gasteiger partial charge in [-0.2, -0.15) is 0 Å². The van der Waals surface area contributed by atoms with Gasteiger partial charge in [0.05, 0.1) is 0 Å². The number of guanidine groups is 1. The summed E-state index contributed by atoms with van der Waals surface area (Å²) < 4.78 is 0. The number of likely N-dealkylation sites (tertiary alicyclic amines) is 1. The Kier molecular flexibility index (Phi) is 5.36. The third-order valence-corrected chi connectivity index (χ3v) is 6.58. The standard InChI is InChI=1S/C19H34N4O/c1-15-9-12-23(14-19(15)10-6-11-19)18(20-13-17(24)22(2)3)21-16-7-4-5-8-16/h15-16H,4-14H2,1-3H3,(H,20,21). The van der Waals surface area contributed by atoms with Crippen LogP contribution < -0.4 is 5.32 Å². The van der Waals surface area contributed by atoms with Gasteiger partial charge in [0, 0.05) is 33.2 Å². The zero-order valence-electron chi connectivity index (χ0n) is 15.7. The van der Waals surface area contributed by atoms with Crippen LogP contribution in [0.1, 0.15) is 58.3 Å². The van der Waals surface area contributed by atoms with Crippen LogP contribution in [0.5, 0.6) is 0 Å². The van der Waals surface area contributed by atoms with Gasteiger partial charge in [0.2, 0.25) is 5.91 Å². The largest absolute Gasteiger partial charge is 0.353 e. The van der Waals surface area contributed by atoms with Crippen LogP contribution in [-0.4, -0.2) is 61.4 Å². The minimum atomic E-state index is 0.0736. The van der Waals surface area contributed by atoms with Crippen molar-refractivity contribution in [3.63, 3.8) is 0 Å². The lowest BCUT2D eigenvalue weighted by molar-refractivity contribution is -0.127. The van der Waals surface area contributed by atoms with Crippen LogP contribution in [-0.2, 0) is 4.79 Å². The monoisotopic (exact) mass is 334 g/mol. The lowest BCUT2D eigenvalue weighted by Crippen LogP contribution is -2.57. The van der Waals surface area contributed by atoms with Gasteiger partial charge in [-0.05, 0) is 43.4 Å². The molecule has 3 aliphatic rings. The van der Waals surface area contributed by atoms with E-state index in [1.54, 1.807) is 19.0 Å². The maximum Gasteiger partial charge on any atom is 0.243 e. The van der Waals surface area contributed by atoms with E-state index < -0.39 is 0 Å². The highest BCUT2D eigenvalue weighted by Crippen LogP contribution is 2.50. The number of nitrogens with zero attached hydrogens (tertiary/aromatic N) is 3. The minimum absolute atomic E-state index is 0.0736. The summed E-state index contributed by atoms with van der Waals surface area (Å²) in [6.07, 6.45) is 10.4. The Morgan fingerprint density at radius 3 is 2.50 bits per heavy atom. The first kappa shape index (κ1) is 17.6. The van der Waals surface area contributed by atoms with Crippen molar-refractivity contribution in [3.05, 3.63) is 0 Å². The van der Waals surface area contributed by atoms with Gasteiger partial charge >= 0.3 is 0 Å². The number of carbonyl (C=O) groups excluding carboxylic acids is 1. The summed E-state index contributed by atoms with van der Waals surface area (Å²) in [5, 5.41) is 3.69. The molecule has 0 aromatic carbocycles. The Bertz CT molecular complexity index is 478. The number of likely N-dealkylation sites (N-methyl/N-ethyl adjacent to an activating group) is 1. The molecule has 3 fully saturated rings. The fourth-order valence-electron chi connectivity index (χ4n) is 4.51. The molecule has 0 bridgehead atoms. The summed E-state index contributed by atoms with van der Waals surface area (Å²) in [7, 11) is 3.60. The van der Waals surface area contributed by atoms with Crippen molar-refractivity contribution in [1.29, 1.82) is 0 Å². The fourth-order valence-corrected chi connectivity index (χ4v) is 4.51. The maximum absolute atomic E-state index is 12.0. The number of hydrogen-bond acceptors (Lipinski definition) is 2. The van der Waals surface area contributed by atoms with Crippen LogP contribution >= 0.6 is 0 Å². The molecule has 1 atom stereocenters. The molecule has 3 rings (SSSR count). The summed E-state index contributed by atoms with van der Waals surface area (Å²) >= 11 is 0. The highest BCUT2D eigenvalue weighted by Gasteiger charge is 2.46. The van der Waals surface area contributed by atoms with Gasteiger partial charge in [-0.1, -0.05) is 26.2 Å². The number of carbonyl (C=O) groups is 1. The summed E-state index contributed by atoms with van der Waals surface area (Å²) in [5.41, 5.74) is 0.502. The molecule has 1 saturated heterocycles. The molecule has 1 heterocycles. The summed E-state index contributed by atoms with van der Waals surface area (Å²) in [4.78, 5) is 20.8. The van der Waals surface area contributed by atoms with Crippen LogP contribution in [0, 0.1) is 11.3 Å². The lowest BCUT2D eigenvalue weighted by Gasteiger charge is -2.53. The Morgan fingerprint density at radius 2 is 1.92 bits per heavy atom. The number of rotatable bonds is 3. The van der Waals surface area contributed by atoms with Gasteiger partial charge in [-0.3, -0.25) is 4.79 Å². The molecule has 0 aromatic rings. The molecule has 1 spiro atoms. The van der Waals surface area contributed by atoms with Gasteiger partial charge in [-0.15, -0.1) is 0 Å². The molecule has 1 unspecified atom stereocenters. The van der Waals surface area contributed by atoms with Crippen molar-refractivity contribution in [2.75, 3.05) is 33.7 Å². The number of aliphatic imine (C=N–C) groups is 1. The average molecular weight is 335 g/mol. The third-order valence-electron chi connectivity index (χ3n) is 6.58. The van der Waals surface area contributed by atoms with E-state index in [0.717, 1.165) is 25.0 Å². The molecule has 1 N–H and O–H groups in total. The Balaban J connectivity index is 1.70. The predicted molar refractivity (Wildman–Crippen MR) is 98.0 cm³/mol. The van der Waals surface area contributed by atoms with Gasteiger partial charge in [0.25, 0.3) is 0 Å². The second-order valence-electron chi connectivity index (χ2n) is 8.38. The van der Waals surface area contributed by atoms with Crippen LogP contribution in [0.25, 0.3) is 0 Å². The SMILES string of the molecule is CC1CCN(C(=NCC(=O)N(C)C)NC2CCCC2)CC12CCC2. The highest BCUT2D eigenvalue weighted by atomic mass is 16.2. The fraction of sp³-hybridized carbons (Fsp3) is 0.895. The second kappa shape index (κ2) is 7.32. The van der Waals surface area contributed by atoms with Gasteiger partial charge in [0.15, 0.2) is 5.96 Å². The van der Waals surface area contributed by atoms with Crippen molar-refractivity contribution in [2.45, 2.75) is 64.3 Å².